The third-order valence-electron chi connectivity index (χ3n) is 1.84. The summed E-state index contributed by atoms with van der Waals surface area (Å²) in [5.41, 5.74) is 0.503. The van der Waals surface area contributed by atoms with E-state index in [9.17, 15) is 4.79 Å². The minimum atomic E-state index is -0.991. The zero-order chi connectivity index (χ0) is 12.7. The number of phenols is 1. The summed E-state index contributed by atoms with van der Waals surface area (Å²) in [5.74, 6) is -1.05. The molecule has 0 bridgehead atoms. The van der Waals surface area contributed by atoms with Crippen LogP contribution in [0.1, 0.15) is 25.5 Å². The molecule has 90 valence electrons. The molecule has 1 unspecified atom stereocenters. The molecule has 1 rings (SSSR count). The van der Waals surface area contributed by atoms with Crippen LogP contribution in [0.4, 0.5) is 0 Å². The predicted octanol–water partition coefficient (Wildman–Crippen LogP) is 2.42. The van der Waals surface area contributed by atoms with Gasteiger partial charge in [-0.15, -0.1) is 0 Å². The number of likely N-dealkylation sites (N-methyl/N-ethyl adjacent to an activating group) is 1. The van der Waals surface area contributed by atoms with Gasteiger partial charge in [-0.2, -0.15) is 0 Å². The van der Waals surface area contributed by atoms with E-state index in [1.165, 1.54) is 18.2 Å². The van der Waals surface area contributed by atoms with Gasteiger partial charge >= 0.3 is 5.97 Å². The molecule has 0 aliphatic heterocycles. The lowest BCUT2D eigenvalue weighted by atomic mass is 10.1. The van der Waals surface area contributed by atoms with Crippen LogP contribution in [0.15, 0.2) is 18.2 Å². The van der Waals surface area contributed by atoms with Gasteiger partial charge in [-0.25, -0.2) is 0 Å². The monoisotopic (exact) mass is 245 g/mol. The van der Waals surface area contributed by atoms with Gasteiger partial charge in [-0.1, -0.05) is 31.5 Å². The lowest BCUT2D eigenvalue weighted by Crippen LogP contribution is -2.24. The van der Waals surface area contributed by atoms with Gasteiger partial charge in [0.2, 0.25) is 0 Å². The lowest BCUT2D eigenvalue weighted by Gasteiger charge is -2.11. The van der Waals surface area contributed by atoms with Crippen molar-refractivity contribution in [2.75, 3.05) is 7.05 Å². The molecule has 0 radical (unpaired) electrons. The maximum atomic E-state index is 10.8. The standard InChI is InChI=1S/C9H10ClNO3.C2H6/c1-11-8(9(13)14)5-2-3-7(12)6(10)4-5;1-2/h2-4,8,11-12H,1H3,(H,13,14);1-2H3. The third-order valence-corrected chi connectivity index (χ3v) is 2.14. The highest BCUT2D eigenvalue weighted by molar-refractivity contribution is 6.32. The average molecular weight is 246 g/mol. The van der Waals surface area contributed by atoms with Gasteiger partial charge in [0.15, 0.2) is 0 Å². The van der Waals surface area contributed by atoms with Crippen LogP contribution in [0.25, 0.3) is 0 Å². The first kappa shape index (κ1) is 14.7. The Labute approximate surface area is 99.9 Å². The fraction of sp³-hybridized carbons (Fsp3) is 0.364. The van der Waals surface area contributed by atoms with Crippen LogP contribution < -0.4 is 5.32 Å². The fourth-order valence-electron chi connectivity index (χ4n) is 1.14. The molecule has 4 nitrogen and oxygen atoms in total. The van der Waals surface area contributed by atoms with E-state index in [0.717, 1.165) is 0 Å². The van der Waals surface area contributed by atoms with E-state index in [4.69, 9.17) is 21.8 Å². The zero-order valence-electron chi connectivity index (χ0n) is 9.49. The number of carbonyl (C=O) groups is 1. The summed E-state index contributed by atoms with van der Waals surface area (Å²) in [6.07, 6.45) is 0. The number of hydrogen-bond donors (Lipinski definition) is 3. The number of carboxylic acid groups (broad SMARTS) is 1. The van der Waals surface area contributed by atoms with Crippen LogP contribution >= 0.6 is 11.6 Å². The molecule has 0 spiro atoms. The summed E-state index contributed by atoms with van der Waals surface area (Å²) < 4.78 is 0. The van der Waals surface area contributed by atoms with Crippen LogP contribution in [0.5, 0.6) is 5.75 Å². The number of rotatable bonds is 3. The fourth-order valence-corrected chi connectivity index (χ4v) is 1.32. The highest BCUT2D eigenvalue weighted by atomic mass is 35.5. The summed E-state index contributed by atoms with van der Waals surface area (Å²) in [4.78, 5) is 10.8. The van der Waals surface area contributed by atoms with E-state index in [1.807, 2.05) is 13.8 Å². The molecule has 0 saturated carbocycles. The Hall–Kier alpha value is -1.26. The highest BCUT2D eigenvalue weighted by Crippen LogP contribution is 2.26. The minimum absolute atomic E-state index is 0.0596. The molecule has 1 atom stereocenters. The van der Waals surface area contributed by atoms with E-state index in [-0.39, 0.29) is 10.8 Å². The van der Waals surface area contributed by atoms with Crippen LogP contribution in [0.3, 0.4) is 0 Å². The Balaban J connectivity index is 0.00000106. The Morgan fingerprint density at radius 2 is 2.00 bits per heavy atom. The van der Waals surface area contributed by atoms with Gasteiger partial charge in [0.25, 0.3) is 0 Å². The number of benzene rings is 1. The zero-order valence-corrected chi connectivity index (χ0v) is 10.2. The highest BCUT2D eigenvalue weighted by Gasteiger charge is 2.17. The van der Waals surface area contributed by atoms with Crippen molar-refractivity contribution in [3.8, 4) is 5.75 Å². The van der Waals surface area contributed by atoms with Crippen molar-refractivity contribution in [1.29, 1.82) is 0 Å². The number of phenolic OH excluding ortho intramolecular Hbond substituents is 1. The number of carboxylic acids is 1. The van der Waals surface area contributed by atoms with Gasteiger partial charge in [0.1, 0.15) is 11.8 Å². The van der Waals surface area contributed by atoms with Crippen LogP contribution in [0.2, 0.25) is 5.02 Å². The molecule has 5 heteroatoms. The first-order chi connectivity index (χ1) is 7.56. The predicted molar refractivity (Wildman–Crippen MR) is 63.9 cm³/mol. The van der Waals surface area contributed by atoms with E-state index in [2.05, 4.69) is 5.32 Å². The molecule has 0 heterocycles. The molecule has 0 aliphatic rings. The van der Waals surface area contributed by atoms with Crippen molar-refractivity contribution < 1.29 is 15.0 Å². The topological polar surface area (TPSA) is 69.6 Å². The van der Waals surface area contributed by atoms with Crippen LogP contribution in [0, 0.1) is 0 Å². The van der Waals surface area contributed by atoms with Crippen molar-refractivity contribution in [2.45, 2.75) is 19.9 Å². The molecule has 1 aromatic carbocycles. The maximum Gasteiger partial charge on any atom is 0.325 e. The summed E-state index contributed by atoms with van der Waals surface area (Å²) >= 11 is 5.65. The van der Waals surface area contributed by atoms with Crippen LogP contribution in [-0.2, 0) is 4.79 Å². The van der Waals surface area contributed by atoms with E-state index in [1.54, 1.807) is 7.05 Å². The van der Waals surface area contributed by atoms with Crippen molar-refractivity contribution in [2.24, 2.45) is 0 Å². The summed E-state index contributed by atoms with van der Waals surface area (Å²) in [5, 5.41) is 20.7. The number of aromatic hydroxyl groups is 1. The Bertz CT molecular complexity index is 355. The Kier molecular flexibility index (Phi) is 6.53. The first-order valence-corrected chi connectivity index (χ1v) is 5.32. The summed E-state index contributed by atoms with van der Waals surface area (Å²) in [7, 11) is 1.54. The Morgan fingerprint density at radius 1 is 1.44 bits per heavy atom. The second-order valence-corrected chi connectivity index (χ2v) is 3.18. The molecule has 16 heavy (non-hydrogen) atoms. The largest absolute Gasteiger partial charge is 0.506 e. The molecule has 0 aliphatic carbocycles. The normalized spacial score (nSPS) is 11.2. The van der Waals surface area contributed by atoms with E-state index >= 15 is 0 Å². The smallest absolute Gasteiger partial charge is 0.325 e. The molecule has 0 aromatic heterocycles. The van der Waals surface area contributed by atoms with Gasteiger partial charge in [-0.3, -0.25) is 4.79 Å². The van der Waals surface area contributed by atoms with Gasteiger partial charge in [-0.05, 0) is 24.7 Å². The average Bonchev–Trinajstić information content (AvgIpc) is 2.26. The number of halogens is 1. The lowest BCUT2D eigenvalue weighted by molar-refractivity contribution is -0.139. The molecule has 3 N–H and O–H groups in total. The Morgan fingerprint density at radius 3 is 2.38 bits per heavy atom. The van der Waals surface area contributed by atoms with Gasteiger partial charge in [0.05, 0.1) is 5.02 Å². The van der Waals surface area contributed by atoms with Gasteiger partial charge < -0.3 is 15.5 Å². The van der Waals surface area contributed by atoms with Crippen molar-refractivity contribution >= 4 is 17.6 Å². The maximum absolute atomic E-state index is 10.8. The molecule has 1 aromatic rings. The summed E-state index contributed by atoms with van der Waals surface area (Å²) in [6.45, 7) is 4.00. The minimum Gasteiger partial charge on any atom is -0.506 e. The third kappa shape index (κ3) is 3.72. The SMILES string of the molecule is CC.CNC(C(=O)O)c1ccc(O)c(Cl)c1. The number of hydrogen-bond acceptors (Lipinski definition) is 3. The van der Waals surface area contributed by atoms with E-state index in [0.29, 0.717) is 5.56 Å². The molecule has 0 saturated heterocycles. The van der Waals surface area contributed by atoms with Gasteiger partial charge in [0, 0.05) is 0 Å². The van der Waals surface area contributed by atoms with Crippen molar-refractivity contribution in [3.05, 3.63) is 28.8 Å². The quantitative estimate of drug-likeness (QED) is 0.765. The number of nitrogens with one attached hydrogen (secondary N) is 1. The van der Waals surface area contributed by atoms with Crippen LogP contribution in [-0.4, -0.2) is 23.2 Å². The van der Waals surface area contributed by atoms with Crippen molar-refractivity contribution in [1.82, 2.24) is 5.32 Å². The second-order valence-electron chi connectivity index (χ2n) is 2.77. The van der Waals surface area contributed by atoms with Crippen molar-refractivity contribution in [3.63, 3.8) is 0 Å². The first-order valence-electron chi connectivity index (χ1n) is 4.94. The summed E-state index contributed by atoms with van der Waals surface area (Å²) in [6, 6.07) is 3.49. The molecular formula is C11H16ClNO3. The van der Waals surface area contributed by atoms with E-state index < -0.39 is 12.0 Å². The molecular weight excluding hydrogens is 230 g/mol. The number of aliphatic carboxylic acids is 1. The second kappa shape index (κ2) is 7.09. The molecule has 0 amide bonds. The molecule has 0 fully saturated rings.